The van der Waals surface area contributed by atoms with Crippen LogP contribution in [0.25, 0.3) is 0 Å². The summed E-state index contributed by atoms with van der Waals surface area (Å²) in [5, 5.41) is 0.640. The van der Waals surface area contributed by atoms with E-state index in [0.717, 1.165) is 0 Å². The van der Waals surface area contributed by atoms with Crippen LogP contribution in [-0.4, -0.2) is 55.3 Å². The maximum absolute atomic E-state index is 13.0. The van der Waals surface area contributed by atoms with E-state index in [-0.39, 0.29) is 12.1 Å². The molecule has 2 aliphatic heterocycles. The lowest BCUT2D eigenvalue weighted by Gasteiger charge is -2.28. The Hall–Kier alpha value is -3.20. The molecule has 2 aromatic rings. The van der Waals surface area contributed by atoms with E-state index < -0.39 is 10.9 Å². The number of anilines is 2. The molecule has 0 aromatic heterocycles. The number of carbonyl (C=O) groups excluding carboxylic acids is 2. The van der Waals surface area contributed by atoms with E-state index in [1.54, 1.807) is 61.2 Å². The average molecular weight is 400 g/mol. The third-order valence-corrected chi connectivity index (χ3v) is 6.92. The summed E-state index contributed by atoms with van der Waals surface area (Å²) in [6.45, 7) is 0. The van der Waals surface area contributed by atoms with Gasteiger partial charge in [-0.25, -0.2) is 18.2 Å². The number of urea groups is 2. The molecule has 2 aliphatic rings. The van der Waals surface area contributed by atoms with Crippen molar-refractivity contribution in [3.63, 3.8) is 0 Å². The Balaban J connectivity index is 1.82. The van der Waals surface area contributed by atoms with Crippen molar-refractivity contribution in [2.45, 2.75) is 0 Å². The number of hydrogen-bond acceptors (Lipinski definition) is 4. The maximum atomic E-state index is 13.0. The van der Waals surface area contributed by atoms with Crippen molar-refractivity contribution < 1.29 is 19.1 Å². The number of methoxy groups -OCH3 is 2. The highest BCUT2D eigenvalue weighted by atomic mass is 32.2. The molecular weight excluding hydrogens is 380 g/mol. The van der Waals surface area contributed by atoms with E-state index in [0.29, 0.717) is 28.0 Å². The molecule has 0 saturated heterocycles. The molecule has 0 spiro atoms. The van der Waals surface area contributed by atoms with E-state index in [1.165, 1.54) is 9.80 Å². The fourth-order valence-corrected chi connectivity index (χ4v) is 5.47. The molecule has 8 nitrogen and oxygen atoms in total. The zero-order valence-corrected chi connectivity index (χ0v) is 16.8. The largest absolute Gasteiger partial charge is 0.497 e. The molecule has 2 heterocycles. The highest BCUT2D eigenvalue weighted by Crippen LogP contribution is 2.46. The highest BCUT2D eigenvalue weighted by Gasteiger charge is 2.49. The first kappa shape index (κ1) is 18.2. The van der Waals surface area contributed by atoms with Crippen molar-refractivity contribution in [2.24, 2.45) is 0 Å². The number of nitrogens with zero attached hydrogens (tertiary/aromatic N) is 4. The van der Waals surface area contributed by atoms with Gasteiger partial charge in [-0.1, -0.05) is 0 Å². The number of hydrogen-bond donors (Lipinski definition) is 0. The number of ether oxygens (including phenoxy) is 2. The first-order valence-corrected chi connectivity index (χ1v) is 9.67. The predicted molar refractivity (Wildman–Crippen MR) is 110 cm³/mol. The zero-order valence-electron chi connectivity index (χ0n) is 15.9. The van der Waals surface area contributed by atoms with Crippen molar-refractivity contribution in [3.05, 3.63) is 48.5 Å². The van der Waals surface area contributed by atoms with Gasteiger partial charge in [0.05, 0.1) is 36.5 Å². The number of benzene rings is 2. The number of amides is 4. The van der Waals surface area contributed by atoms with Crippen LogP contribution in [0.15, 0.2) is 48.5 Å². The van der Waals surface area contributed by atoms with Gasteiger partial charge in [0.2, 0.25) is 0 Å². The second-order valence-electron chi connectivity index (χ2n) is 6.21. The van der Waals surface area contributed by atoms with E-state index >= 15 is 0 Å². The Morgan fingerprint density at radius 2 is 1.04 bits per heavy atom. The van der Waals surface area contributed by atoms with E-state index in [2.05, 4.69) is 0 Å². The van der Waals surface area contributed by atoms with Gasteiger partial charge in [0.15, 0.2) is 5.11 Å². The lowest BCUT2D eigenvalue weighted by Crippen LogP contribution is -2.45. The van der Waals surface area contributed by atoms with Crippen molar-refractivity contribution >= 4 is 39.4 Å². The van der Waals surface area contributed by atoms with Gasteiger partial charge in [-0.3, -0.25) is 9.80 Å². The summed E-state index contributed by atoms with van der Waals surface area (Å²) in [6.07, 6.45) is 0. The van der Waals surface area contributed by atoms with Crippen LogP contribution in [0.5, 0.6) is 11.5 Å². The second kappa shape index (κ2) is 6.75. The molecule has 0 radical (unpaired) electrons. The summed E-state index contributed by atoms with van der Waals surface area (Å²) >= 11 is 0. The van der Waals surface area contributed by atoms with Crippen molar-refractivity contribution in [2.75, 3.05) is 36.9 Å². The highest BCUT2D eigenvalue weighted by molar-refractivity contribution is 8.20. The molecular formula is C19H20N4O4S. The second-order valence-corrected chi connectivity index (χ2v) is 7.84. The number of rotatable bonds is 4. The summed E-state index contributed by atoms with van der Waals surface area (Å²) in [6, 6.07) is 14.1. The molecule has 0 aliphatic carbocycles. The topological polar surface area (TPSA) is 65.6 Å². The van der Waals surface area contributed by atoms with Crippen LogP contribution >= 0.6 is 10.9 Å². The molecule has 4 amide bonds. The smallest absolute Gasteiger partial charge is 0.341 e. The minimum absolute atomic E-state index is 0.193. The van der Waals surface area contributed by atoms with Crippen LogP contribution in [0.3, 0.4) is 0 Å². The summed E-state index contributed by atoms with van der Waals surface area (Å²) in [5.74, 6) is 1.39. The van der Waals surface area contributed by atoms with Gasteiger partial charge in [-0.15, -0.1) is 0 Å². The monoisotopic (exact) mass is 400 g/mol. The normalized spacial score (nSPS) is 16.9. The SMILES string of the molecule is COc1ccc(N2C(=O)N(C)C3=S2N(c2ccc(OC)cc2)C(=O)N3C)cc1. The average Bonchev–Trinajstić information content (AvgIpc) is 3.13. The molecule has 0 N–H and O–H groups in total. The molecule has 0 bridgehead atoms. The van der Waals surface area contributed by atoms with Gasteiger partial charge >= 0.3 is 12.1 Å². The minimum Gasteiger partial charge on any atom is -0.497 e. The molecule has 2 aromatic carbocycles. The van der Waals surface area contributed by atoms with Crippen LogP contribution in [-0.2, 0) is 0 Å². The molecule has 28 heavy (non-hydrogen) atoms. The van der Waals surface area contributed by atoms with Crippen molar-refractivity contribution in [3.8, 4) is 11.5 Å². The van der Waals surface area contributed by atoms with Crippen molar-refractivity contribution in [1.82, 2.24) is 9.80 Å². The Bertz CT molecular complexity index is 897. The van der Waals surface area contributed by atoms with Gasteiger partial charge in [0.1, 0.15) is 11.5 Å². The van der Waals surface area contributed by atoms with Gasteiger partial charge in [-0.05, 0) is 48.5 Å². The fourth-order valence-electron chi connectivity index (χ4n) is 3.15. The number of carbonyl (C=O) groups is 2. The molecule has 9 heteroatoms. The molecule has 0 unspecified atom stereocenters. The third-order valence-electron chi connectivity index (χ3n) is 4.62. The predicted octanol–water partition coefficient (Wildman–Crippen LogP) is 3.33. The maximum Gasteiger partial charge on any atom is 0.341 e. The van der Waals surface area contributed by atoms with E-state index in [9.17, 15) is 9.59 Å². The van der Waals surface area contributed by atoms with Crippen LogP contribution in [0, 0.1) is 0 Å². The van der Waals surface area contributed by atoms with Gasteiger partial charge in [0, 0.05) is 14.1 Å². The lowest BCUT2D eigenvalue weighted by molar-refractivity contribution is 0.228. The van der Waals surface area contributed by atoms with Crippen LogP contribution < -0.4 is 18.1 Å². The Labute approximate surface area is 165 Å². The standard InChI is InChI=1S/C19H20N4O4S/c1-20-17(24)22(13-5-9-15(26-3)10-6-13)28-19(20)21(2)18(25)23(28)14-7-11-16(27-4)12-8-14/h5-12H,1-4H3. The van der Waals surface area contributed by atoms with Crippen LogP contribution in [0.1, 0.15) is 0 Å². The van der Waals surface area contributed by atoms with E-state index in [4.69, 9.17) is 9.47 Å². The molecule has 0 atom stereocenters. The Morgan fingerprint density at radius 1 is 0.679 bits per heavy atom. The van der Waals surface area contributed by atoms with Gasteiger partial charge in [-0.2, -0.15) is 0 Å². The Morgan fingerprint density at radius 3 is 1.36 bits per heavy atom. The summed E-state index contributed by atoms with van der Waals surface area (Å²) in [5.41, 5.74) is 1.38. The Kier molecular flexibility index (Phi) is 4.38. The first-order chi connectivity index (χ1) is 13.5. The molecule has 0 saturated carbocycles. The zero-order chi connectivity index (χ0) is 20.0. The lowest BCUT2D eigenvalue weighted by atomic mass is 10.3. The third kappa shape index (κ3) is 2.58. The summed E-state index contributed by atoms with van der Waals surface area (Å²) < 4.78 is 13.7. The van der Waals surface area contributed by atoms with Gasteiger partial charge < -0.3 is 9.47 Å². The molecule has 0 fully saturated rings. The fraction of sp³-hybridized carbons (Fsp3) is 0.211. The van der Waals surface area contributed by atoms with Crippen molar-refractivity contribution in [1.29, 1.82) is 0 Å². The first-order valence-electron chi connectivity index (χ1n) is 8.53. The molecule has 146 valence electrons. The summed E-state index contributed by atoms with van der Waals surface area (Å²) in [4.78, 5) is 29.1. The molecule has 4 rings (SSSR count). The van der Waals surface area contributed by atoms with Crippen LogP contribution in [0.4, 0.5) is 21.0 Å². The van der Waals surface area contributed by atoms with E-state index in [1.807, 2.05) is 24.3 Å². The minimum atomic E-state index is -0.928. The van der Waals surface area contributed by atoms with Gasteiger partial charge in [0.25, 0.3) is 0 Å². The quantitative estimate of drug-likeness (QED) is 0.739. The van der Waals surface area contributed by atoms with Crippen LogP contribution in [0.2, 0.25) is 0 Å². The summed E-state index contributed by atoms with van der Waals surface area (Å²) in [7, 11) is 5.62.